The van der Waals surface area contributed by atoms with E-state index in [1.165, 1.54) is 0 Å². The number of nitrogens with two attached hydrogens (primary N) is 1. The smallest absolute Gasteiger partial charge is 0.224 e. The number of hydrogen-bond donors (Lipinski definition) is 2. The number of rotatable bonds is 5. The minimum absolute atomic E-state index is 0.0360. The molecule has 3 nitrogen and oxygen atoms in total. The monoisotopic (exact) mass is 298 g/mol. The van der Waals surface area contributed by atoms with Gasteiger partial charge in [0.1, 0.15) is 0 Å². The Bertz CT molecular complexity index is 374. The van der Waals surface area contributed by atoms with Gasteiger partial charge in [-0.05, 0) is 29.7 Å². The molecule has 0 aromatic heterocycles. The van der Waals surface area contributed by atoms with E-state index >= 15 is 0 Å². The van der Waals surface area contributed by atoms with E-state index in [1.54, 1.807) is 0 Å². The highest BCUT2D eigenvalue weighted by molar-refractivity contribution is 9.10. The van der Waals surface area contributed by atoms with E-state index in [1.807, 2.05) is 38.1 Å². The van der Waals surface area contributed by atoms with Crippen LogP contribution in [0.1, 0.15) is 19.4 Å². The molecule has 0 aliphatic rings. The van der Waals surface area contributed by atoms with Crippen LogP contribution < -0.4 is 11.1 Å². The molecule has 1 aromatic carbocycles. The molecule has 4 heteroatoms. The Morgan fingerprint density at radius 3 is 2.47 bits per heavy atom. The van der Waals surface area contributed by atoms with Crippen LogP contribution in [0.4, 0.5) is 0 Å². The summed E-state index contributed by atoms with van der Waals surface area (Å²) in [7, 11) is 0. The SMILES string of the molecule is CC(C)(CN)CNC(=O)Cc1ccc(Br)cc1. The molecule has 17 heavy (non-hydrogen) atoms. The lowest BCUT2D eigenvalue weighted by Gasteiger charge is -2.22. The molecular weight excluding hydrogens is 280 g/mol. The number of carbonyl (C=O) groups is 1. The van der Waals surface area contributed by atoms with Crippen molar-refractivity contribution in [2.45, 2.75) is 20.3 Å². The van der Waals surface area contributed by atoms with Crippen molar-refractivity contribution in [3.63, 3.8) is 0 Å². The fraction of sp³-hybridized carbons (Fsp3) is 0.462. The summed E-state index contributed by atoms with van der Waals surface area (Å²) < 4.78 is 1.02. The third-order valence-corrected chi connectivity index (χ3v) is 3.12. The molecule has 0 bridgehead atoms. The highest BCUT2D eigenvalue weighted by Gasteiger charge is 2.16. The van der Waals surface area contributed by atoms with Crippen molar-refractivity contribution < 1.29 is 4.79 Å². The average molecular weight is 299 g/mol. The molecule has 0 unspecified atom stereocenters. The molecule has 0 fully saturated rings. The van der Waals surface area contributed by atoms with Crippen LogP contribution in [0.25, 0.3) is 0 Å². The maximum atomic E-state index is 11.7. The Morgan fingerprint density at radius 1 is 1.35 bits per heavy atom. The highest BCUT2D eigenvalue weighted by Crippen LogP contribution is 2.12. The normalized spacial score (nSPS) is 11.3. The molecule has 1 amide bonds. The second-order valence-electron chi connectivity index (χ2n) is 4.95. The zero-order valence-electron chi connectivity index (χ0n) is 10.3. The number of amides is 1. The summed E-state index contributed by atoms with van der Waals surface area (Å²) in [6, 6.07) is 7.76. The van der Waals surface area contributed by atoms with Gasteiger partial charge in [0.2, 0.25) is 5.91 Å². The maximum Gasteiger partial charge on any atom is 0.224 e. The van der Waals surface area contributed by atoms with E-state index in [2.05, 4.69) is 21.2 Å². The molecule has 1 aromatic rings. The molecule has 0 aliphatic carbocycles. The standard InChI is InChI=1S/C13H19BrN2O/c1-13(2,8-15)9-16-12(17)7-10-3-5-11(14)6-4-10/h3-6H,7-9,15H2,1-2H3,(H,16,17). The topological polar surface area (TPSA) is 55.1 Å². The van der Waals surface area contributed by atoms with Crippen molar-refractivity contribution >= 4 is 21.8 Å². The zero-order chi connectivity index (χ0) is 12.9. The van der Waals surface area contributed by atoms with Gasteiger partial charge in [-0.15, -0.1) is 0 Å². The minimum Gasteiger partial charge on any atom is -0.355 e. The molecule has 0 aliphatic heterocycles. The molecule has 0 saturated carbocycles. The summed E-state index contributed by atoms with van der Waals surface area (Å²) in [5, 5.41) is 2.91. The van der Waals surface area contributed by atoms with E-state index in [0.717, 1.165) is 10.0 Å². The molecule has 94 valence electrons. The quantitative estimate of drug-likeness (QED) is 0.875. The second kappa shape index (κ2) is 6.17. The zero-order valence-corrected chi connectivity index (χ0v) is 11.9. The lowest BCUT2D eigenvalue weighted by atomic mass is 9.94. The van der Waals surface area contributed by atoms with Crippen molar-refractivity contribution in [2.24, 2.45) is 11.1 Å². The van der Waals surface area contributed by atoms with Crippen LogP contribution in [0.2, 0.25) is 0 Å². The van der Waals surface area contributed by atoms with Crippen molar-refractivity contribution in [1.29, 1.82) is 0 Å². The lowest BCUT2D eigenvalue weighted by Crippen LogP contribution is -2.39. The second-order valence-corrected chi connectivity index (χ2v) is 5.86. The summed E-state index contributed by atoms with van der Waals surface area (Å²) in [5.74, 6) is 0.0360. The summed E-state index contributed by atoms with van der Waals surface area (Å²) in [6.07, 6.45) is 0.411. The Hall–Kier alpha value is -0.870. The fourth-order valence-electron chi connectivity index (χ4n) is 1.26. The largest absolute Gasteiger partial charge is 0.355 e. The highest BCUT2D eigenvalue weighted by atomic mass is 79.9. The van der Waals surface area contributed by atoms with Crippen molar-refractivity contribution in [1.82, 2.24) is 5.32 Å². The van der Waals surface area contributed by atoms with Gasteiger partial charge in [0, 0.05) is 11.0 Å². The van der Waals surface area contributed by atoms with Crippen molar-refractivity contribution in [2.75, 3.05) is 13.1 Å². The van der Waals surface area contributed by atoms with Gasteiger partial charge in [-0.2, -0.15) is 0 Å². The van der Waals surface area contributed by atoms with Gasteiger partial charge < -0.3 is 11.1 Å². The first-order valence-electron chi connectivity index (χ1n) is 5.64. The van der Waals surface area contributed by atoms with Gasteiger partial charge in [-0.25, -0.2) is 0 Å². The van der Waals surface area contributed by atoms with Crippen LogP contribution in [-0.4, -0.2) is 19.0 Å². The van der Waals surface area contributed by atoms with Crippen LogP contribution in [-0.2, 0) is 11.2 Å². The maximum absolute atomic E-state index is 11.7. The number of nitrogens with one attached hydrogen (secondary N) is 1. The first-order chi connectivity index (χ1) is 7.93. The van der Waals surface area contributed by atoms with Crippen LogP contribution in [0.3, 0.4) is 0 Å². The van der Waals surface area contributed by atoms with Crippen molar-refractivity contribution in [3.05, 3.63) is 34.3 Å². The Kier molecular flexibility index (Phi) is 5.15. The molecule has 0 heterocycles. The predicted octanol–water partition coefficient (Wildman–Crippen LogP) is 2.09. The molecule has 0 saturated heterocycles. The summed E-state index contributed by atoms with van der Waals surface area (Å²) in [6.45, 7) is 5.24. The molecule has 0 atom stereocenters. The Labute approximate surface area is 111 Å². The fourth-order valence-corrected chi connectivity index (χ4v) is 1.52. The summed E-state index contributed by atoms with van der Waals surface area (Å²) in [5.41, 5.74) is 6.57. The van der Waals surface area contributed by atoms with Crippen LogP contribution >= 0.6 is 15.9 Å². The van der Waals surface area contributed by atoms with Gasteiger partial charge in [0.25, 0.3) is 0 Å². The van der Waals surface area contributed by atoms with Gasteiger partial charge >= 0.3 is 0 Å². The molecule has 0 radical (unpaired) electrons. The average Bonchev–Trinajstić information content (AvgIpc) is 2.30. The molecule has 0 spiro atoms. The third kappa shape index (κ3) is 5.33. The van der Waals surface area contributed by atoms with E-state index in [4.69, 9.17) is 5.73 Å². The number of carbonyl (C=O) groups excluding carboxylic acids is 1. The van der Waals surface area contributed by atoms with Crippen LogP contribution in [0, 0.1) is 5.41 Å². The van der Waals surface area contributed by atoms with Gasteiger partial charge in [-0.1, -0.05) is 41.9 Å². The molecular formula is C13H19BrN2O. The van der Waals surface area contributed by atoms with Gasteiger partial charge in [-0.3, -0.25) is 4.79 Å². The van der Waals surface area contributed by atoms with Crippen molar-refractivity contribution in [3.8, 4) is 0 Å². The Balaban J connectivity index is 2.42. The van der Waals surface area contributed by atoms with E-state index in [-0.39, 0.29) is 11.3 Å². The van der Waals surface area contributed by atoms with Crippen LogP contribution in [0.15, 0.2) is 28.7 Å². The number of benzene rings is 1. The van der Waals surface area contributed by atoms with Gasteiger partial charge in [0.05, 0.1) is 6.42 Å². The van der Waals surface area contributed by atoms with E-state index in [0.29, 0.717) is 19.5 Å². The number of halogens is 1. The predicted molar refractivity (Wildman–Crippen MR) is 73.7 cm³/mol. The number of hydrogen-bond acceptors (Lipinski definition) is 2. The summed E-state index contributed by atoms with van der Waals surface area (Å²) >= 11 is 3.36. The third-order valence-electron chi connectivity index (χ3n) is 2.59. The summed E-state index contributed by atoms with van der Waals surface area (Å²) in [4.78, 5) is 11.7. The Morgan fingerprint density at radius 2 is 1.94 bits per heavy atom. The molecule has 1 rings (SSSR count). The van der Waals surface area contributed by atoms with E-state index in [9.17, 15) is 4.79 Å². The molecule has 3 N–H and O–H groups in total. The first kappa shape index (κ1) is 14.2. The van der Waals surface area contributed by atoms with E-state index < -0.39 is 0 Å². The van der Waals surface area contributed by atoms with Gasteiger partial charge in [0.15, 0.2) is 0 Å². The first-order valence-corrected chi connectivity index (χ1v) is 6.43. The van der Waals surface area contributed by atoms with Crippen LogP contribution in [0.5, 0.6) is 0 Å². The minimum atomic E-state index is -0.0463. The lowest BCUT2D eigenvalue weighted by molar-refractivity contribution is -0.120.